The van der Waals surface area contributed by atoms with Gasteiger partial charge in [0.2, 0.25) is 5.91 Å². The quantitative estimate of drug-likeness (QED) is 0.844. The summed E-state index contributed by atoms with van der Waals surface area (Å²) >= 11 is 0. The highest BCUT2D eigenvalue weighted by Crippen LogP contribution is 2.12. The van der Waals surface area contributed by atoms with Gasteiger partial charge in [-0.1, -0.05) is 30.3 Å². The number of anilines is 1. The predicted molar refractivity (Wildman–Crippen MR) is 69.9 cm³/mol. The molecule has 0 bridgehead atoms. The average Bonchev–Trinajstić information content (AvgIpc) is 2.70. The molecule has 18 heavy (non-hydrogen) atoms. The van der Waals surface area contributed by atoms with E-state index in [9.17, 15) is 4.79 Å². The van der Waals surface area contributed by atoms with E-state index in [1.54, 1.807) is 17.9 Å². The summed E-state index contributed by atoms with van der Waals surface area (Å²) in [5, 5.41) is 6.95. The summed E-state index contributed by atoms with van der Waals surface area (Å²) in [5.74, 6) is 0.454. The Labute approximate surface area is 106 Å². The van der Waals surface area contributed by atoms with Crippen molar-refractivity contribution in [1.29, 1.82) is 0 Å². The van der Waals surface area contributed by atoms with Crippen LogP contribution >= 0.6 is 0 Å². The van der Waals surface area contributed by atoms with E-state index in [1.165, 1.54) is 0 Å². The number of nitrogens with two attached hydrogens (primary N) is 1. The maximum atomic E-state index is 11.9. The minimum atomic E-state index is -0.0883. The van der Waals surface area contributed by atoms with E-state index in [0.717, 1.165) is 11.1 Å². The first-order valence-corrected chi connectivity index (χ1v) is 5.75. The maximum Gasteiger partial charge on any atom is 0.230 e. The van der Waals surface area contributed by atoms with E-state index < -0.39 is 0 Å². The number of aromatic nitrogens is 2. The Balaban J connectivity index is 2.03. The number of nitrogens with one attached hydrogen (secondary N) is 1. The number of hydrogen-bond donors (Lipinski definition) is 2. The van der Waals surface area contributed by atoms with Gasteiger partial charge in [-0.25, -0.2) is 0 Å². The molecule has 2 rings (SSSR count). The number of carbonyl (C=O) groups is 1. The van der Waals surface area contributed by atoms with Gasteiger partial charge in [0.05, 0.1) is 6.42 Å². The first kappa shape index (κ1) is 12.3. The van der Waals surface area contributed by atoms with Crippen molar-refractivity contribution in [2.45, 2.75) is 13.0 Å². The normalized spacial score (nSPS) is 10.3. The van der Waals surface area contributed by atoms with Crippen molar-refractivity contribution < 1.29 is 4.79 Å². The van der Waals surface area contributed by atoms with Crippen LogP contribution in [0.15, 0.2) is 36.5 Å². The number of benzene rings is 1. The zero-order valence-corrected chi connectivity index (χ0v) is 10.3. The summed E-state index contributed by atoms with van der Waals surface area (Å²) in [6.07, 6.45) is 2.14. The van der Waals surface area contributed by atoms with E-state index in [2.05, 4.69) is 10.4 Å². The van der Waals surface area contributed by atoms with Crippen molar-refractivity contribution in [3.05, 3.63) is 47.7 Å². The second kappa shape index (κ2) is 5.46. The molecule has 1 amide bonds. The van der Waals surface area contributed by atoms with Gasteiger partial charge in [-0.2, -0.15) is 5.10 Å². The molecule has 0 saturated heterocycles. The fraction of sp³-hybridized carbons (Fsp3) is 0.231. The fourth-order valence-electron chi connectivity index (χ4n) is 1.75. The molecule has 0 atom stereocenters. The van der Waals surface area contributed by atoms with Crippen LogP contribution in [0.25, 0.3) is 0 Å². The van der Waals surface area contributed by atoms with Crippen molar-refractivity contribution in [2.24, 2.45) is 12.8 Å². The lowest BCUT2D eigenvalue weighted by Gasteiger charge is -2.03. The van der Waals surface area contributed by atoms with Crippen molar-refractivity contribution in [3.8, 4) is 0 Å². The lowest BCUT2D eigenvalue weighted by Crippen LogP contribution is -2.16. The average molecular weight is 244 g/mol. The van der Waals surface area contributed by atoms with Gasteiger partial charge in [-0.15, -0.1) is 0 Å². The van der Waals surface area contributed by atoms with E-state index in [0.29, 0.717) is 18.8 Å². The molecule has 0 spiro atoms. The molecule has 0 aliphatic rings. The van der Waals surface area contributed by atoms with Crippen molar-refractivity contribution in [1.82, 2.24) is 9.78 Å². The minimum Gasteiger partial charge on any atom is -0.326 e. The summed E-state index contributed by atoms with van der Waals surface area (Å²) in [6.45, 7) is 0.356. The van der Waals surface area contributed by atoms with Gasteiger partial charge >= 0.3 is 0 Å². The molecule has 1 aromatic carbocycles. The van der Waals surface area contributed by atoms with E-state index in [4.69, 9.17) is 5.73 Å². The smallest absolute Gasteiger partial charge is 0.230 e. The van der Waals surface area contributed by atoms with Crippen LogP contribution in [0.2, 0.25) is 0 Å². The summed E-state index contributed by atoms with van der Waals surface area (Å²) in [4.78, 5) is 11.9. The third kappa shape index (κ3) is 2.95. The molecular weight excluding hydrogens is 228 g/mol. The Kier molecular flexibility index (Phi) is 3.74. The van der Waals surface area contributed by atoms with Crippen LogP contribution in [0.1, 0.15) is 11.1 Å². The zero-order chi connectivity index (χ0) is 13.0. The third-order valence-electron chi connectivity index (χ3n) is 2.59. The highest BCUT2D eigenvalue weighted by atomic mass is 16.1. The van der Waals surface area contributed by atoms with Crippen molar-refractivity contribution >= 4 is 11.7 Å². The molecule has 5 heteroatoms. The van der Waals surface area contributed by atoms with Gasteiger partial charge in [0.25, 0.3) is 0 Å². The Morgan fingerprint density at radius 2 is 2.11 bits per heavy atom. The van der Waals surface area contributed by atoms with Crippen molar-refractivity contribution in [3.63, 3.8) is 0 Å². The fourth-order valence-corrected chi connectivity index (χ4v) is 1.75. The van der Waals surface area contributed by atoms with Crippen molar-refractivity contribution in [2.75, 3.05) is 5.32 Å². The molecule has 0 aliphatic heterocycles. The Bertz CT molecular complexity index is 533. The van der Waals surface area contributed by atoms with E-state index in [-0.39, 0.29) is 5.91 Å². The lowest BCUT2D eigenvalue weighted by atomic mass is 10.1. The zero-order valence-electron chi connectivity index (χ0n) is 10.3. The SMILES string of the molecule is Cn1cc(CN)c(NC(=O)Cc2ccccc2)n1. The predicted octanol–water partition coefficient (Wildman–Crippen LogP) is 1.06. The largest absolute Gasteiger partial charge is 0.326 e. The molecule has 0 aliphatic carbocycles. The third-order valence-corrected chi connectivity index (χ3v) is 2.59. The molecule has 5 nitrogen and oxygen atoms in total. The first-order chi connectivity index (χ1) is 8.69. The molecule has 1 heterocycles. The van der Waals surface area contributed by atoms with Gasteiger partial charge in [0.1, 0.15) is 0 Å². The van der Waals surface area contributed by atoms with Crippen LogP contribution in [-0.2, 0) is 24.8 Å². The Hall–Kier alpha value is -2.14. The number of aryl methyl sites for hydroxylation is 1. The molecular formula is C13H16N4O. The monoisotopic (exact) mass is 244 g/mol. The number of nitrogens with zero attached hydrogens (tertiary/aromatic N) is 2. The van der Waals surface area contributed by atoms with Crippen LogP contribution in [0.5, 0.6) is 0 Å². The van der Waals surface area contributed by atoms with E-state index >= 15 is 0 Å². The van der Waals surface area contributed by atoms with Gasteiger partial charge in [-0.3, -0.25) is 9.48 Å². The van der Waals surface area contributed by atoms with Gasteiger partial charge in [-0.05, 0) is 5.56 Å². The van der Waals surface area contributed by atoms with Crippen LogP contribution in [0, 0.1) is 0 Å². The highest BCUT2D eigenvalue weighted by Gasteiger charge is 2.10. The standard InChI is InChI=1S/C13H16N4O/c1-17-9-11(8-14)13(16-17)15-12(18)7-10-5-3-2-4-6-10/h2-6,9H,7-8,14H2,1H3,(H,15,16,18). The number of amides is 1. The second-order valence-electron chi connectivity index (χ2n) is 4.09. The molecule has 0 fully saturated rings. The van der Waals surface area contributed by atoms with Crippen LogP contribution < -0.4 is 11.1 Å². The topological polar surface area (TPSA) is 72.9 Å². The van der Waals surface area contributed by atoms with Crippen LogP contribution in [-0.4, -0.2) is 15.7 Å². The summed E-state index contributed by atoms with van der Waals surface area (Å²) in [5.41, 5.74) is 7.39. The Morgan fingerprint density at radius 3 is 2.78 bits per heavy atom. The molecule has 1 aromatic heterocycles. The van der Waals surface area contributed by atoms with Gasteiger partial charge < -0.3 is 11.1 Å². The van der Waals surface area contributed by atoms with Crippen LogP contribution in [0.4, 0.5) is 5.82 Å². The number of carbonyl (C=O) groups excluding carboxylic acids is 1. The molecule has 0 radical (unpaired) electrons. The summed E-state index contributed by atoms with van der Waals surface area (Å²) in [6, 6.07) is 9.58. The first-order valence-electron chi connectivity index (χ1n) is 5.75. The summed E-state index contributed by atoms with van der Waals surface area (Å²) < 4.78 is 1.64. The van der Waals surface area contributed by atoms with Crippen LogP contribution in [0.3, 0.4) is 0 Å². The minimum absolute atomic E-state index is 0.0883. The Morgan fingerprint density at radius 1 is 1.39 bits per heavy atom. The molecule has 0 unspecified atom stereocenters. The maximum absolute atomic E-state index is 11.9. The molecule has 2 aromatic rings. The molecule has 0 saturated carbocycles. The number of rotatable bonds is 4. The lowest BCUT2D eigenvalue weighted by molar-refractivity contribution is -0.115. The van der Waals surface area contributed by atoms with Gasteiger partial charge in [0, 0.05) is 25.4 Å². The van der Waals surface area contributed by atoms with E-state index in [1.807, 2.05) is 30.3 Å². The molecule has 3 N–H and O–H groups in total. The highest BCUT2D eigenvalue weighted by molar-refractivity contribution is 5.91. The molecule has 94 valence electrons. The summed E-state index contributed by atoms with van der Waals surface area (Å²) in [7, 11) is 1.80. The van der Waals surface area contributed by atoms with Gasteiger partial charge in [0.15, 0.2) is 5.82 Å². The second-order valence-corrected chi connectivity index (χ2v) is 4.09. The number of hydrogen-bond acceptors (Lipinski definition) is 3.